The molecule has 1 amide bonds. The number of Topliss-reactive ketones (excluding diaryl/α,β-unsaturated/α-hetero) is 1. The van der Waals surface area contributed by atoms with Gasteiger partial charge >= 0.3 is 5.91 Å². The highest BCUT2D eigenvalue weighted by atomic mass is 35.5. The monoisotopic (exact) mass is 617 g/mol. The fourth-order valence-corrected chi connectivity index (χ4v) is 6.27. The molecule has 1 fully saturated rings. The van der Waals surface area contributed by atoms with E-state index in [0.717, 1.165) is 5.56 Å². The van der Waals surface area contributed by atoms with E-state index in [1.54, 1.807) is 42.5 Å². The Kier molecular flexibility index (Phi) is 8.16. The van der Waals surface area contributed by atoms with Crippen LogP contribution in [0.25, 0.3) is 5.76 Å². The largest absolute Gasteiger partial charge is 0.507 e. The third kappa shape index (κ3) is 5.64. The number of hydrogen-bond donors (Lipinski definition) is 1. The van der Waals surface area contributed by atoms with Gasteiger partial charge in [0.15, 0.2) is 4.34 Å². The van der Waals surface area contributed by atoms with Crippen molar-refractivity contribution in [2.24, 2.45) is 0 Å². The number of ether oxygens (including phenoxy) is 1. The zero-order valence-electron chi connectivity index (χ0n) is 20.1. The summed E-state index contributed by atoms with van der Waals surface area (Å²) in [5.41, 5.74) is 1.76. The Labute approximate surface area is 247 Å². The Balaban J connectivity index is 1.54. The maximum Gasteiger partial charge on any atom is 0.301 e. The van der Waals surface area contributed by atoms with Crippen LogP contribution in [0.3, 0.4) is 0 Å². The number of carbonyl (C=O) groups excluding carboxylic acids is 2. The molecule has 0 bridgehead atoms. The van der Waals surface area contributed by atoms with Gasteiger partial charge in [-0.05, 0) is 59.7 Å². The molecular weight excluding hydrogens is 601 g/mol. The second-order valence-corrected chi connectivity index (χ2v) is 11.8. The van der Waals surface area contributed by atoms with Gasteiger partial charge in [0.1, 0.15) is 11.5 Å². The number of methoxy groups -OCH3 is 1. The third-order valence-electron chi connectivity index (χ3n) is 5.94. The van der Waals surface area contributed by atoms with Crippen molar-refractivity contribution >= 4 is 80.5 Å². The third-order valence-corrected chi connectivity index (χ3v) is 9.06. The molecule has 39 heavy (non-hydrogen) atoms. The summed E-state index contributed by atoms with van der Waals surface area (Å²) in [4.78, 5) is 28.0. The first-order chi connectivity index (χ1) is 18.8. The lowest BCUT2D eigenvalue weighted by Crippen LogP contribution is -2.29. The number of thioether (sulfide) groups is 1. The number of benzene rings is 3. The van der Waals surface area contributed by atoms with E-state index in [1.807, 2.05) is 24.3 Å². The summed E-state index contributed by atoms with van der Waals surface area (Å²) in [6.07, 6.45) is 0. The number of carbonyl (C=O) groups is 2. The molecule has 1 unspecified atom stereocenters. The van der Waals surface area contributed by atoms with E-state index in [-0.39, 0.29) is 21.5 Å². The predicted molar refractivity (Wildman–Crippen MR) is 155 cm³/mol. The van der Waals surface area contributed by atoms with E-state index in [2.05, 4.69) is 10.2 Å². The minimum absolute atomic E-state index is 0.103. The maximum absolute atomic E-state index is 13.4. The molecule has 1 aliphatic heterocycles. The molecule has 2 heterocycles. The molecule has 5 rings (SSSR count). The van der Waals surface area contributed by atoms with Gasteiger partial charge in [-0.3, -0.25) is 14.5 Å². The Morgan fingerprint density at radius 1 is 1.00 bits per heavy atom. The molecule has 198 valence electrons. The molecule has 0 spiro atoms. The van der Waals surface area contributed by atoms with Crippen molar-refractivity contribution in [1.82, 2.24) is 10.2 Å². The lowest BCUT2D eigenvalue weighted by molar-refractivity contribution is -0.132. The summed E-state index contributed by atoms with van der Waals surface area (Å²) >= 11 is 21.0. The minimum Gasteiger partial charge on any atom is -0.507 e. The number of rotatable bonds is 7. The zero-order valence-corrected chi connectivity index (χ0v) is 24.0. The Bertz CT molecular complexity index is 1590. The van der Waals surface area contributed by atoms with E-state index in [9.17, 15) is 14.7 Å². The fourth-order valence-electron chi connectivity index (χ4n) is 4.02. The first-order valence-corrected chi connectivity index (χ1v) is 14.3. The molecule has 4 aromatic rings. The number of aliphatic hydroxyl groups is 1. The van der Waals surface area contributed by atoms with Crippen LogP contribution in [-0.2, 0) is 15.3 Å². The van der Waals surface area contributed by atoms with Gasteiger partial charge in [-0.25, -0.2) is 0 Å². The highest BCUT2D eigenvalue weighted by Crippen LogP contribution is 2.45. The molecule has 3 aromatic carbocycles. The summed E-state index contributed by atoms with van der Waals surface area (Å²) in [5, 5.41) is 21.1. The number of nitrogens with zero attached hydrogens (tertiary/aromatic N) is 3. The molecular formula is C27H18Cl3N3O4S2. The van der Waals surface area contributed by atoms with Gasteiger partial charge in [0.25, 0.3) is 5.78 Å². The second kappa shape index (κ2) is 11.6. The average Bonchev–Trinajstić information content (AvgIpc) is 3.51. The predicted octanol–water partition coefficient (Wildman–Crippen LogP) is 7.43. The first-order valence-electron chi connectivity index (χ1n) is 11.4. The van der Waals surface area contributed by atoms with Gasteiger partial charge < -0.3 is 9.84 Å². The molecule has 0 aliphatic carbocycles. The molecule has 1 aromatic heterocycles. The smallest absolute Gasteiger partial charge is 0.301 e. The van der Waals surface area contributed by atoms with Crippen molar-refractivity contribution in [2.75, 3.05) is 12.0 Å². The molecule has 7 nitrogen and oxygen atoms in total. The van der Waals surface area contributed by atoms with Crippen molar-refractivity contribution in [3.8, 4) is 5.75 Å². The number of aromatic nitrogens is 2. The van der Waals surface area contributed by atoms with E-state index in [1.165, 1.54) is 35.1 Å². The Hall–Kier alpha value is -3.08. The molecule has 1 atom stereocenters. The van der Waals surface area contributed by atoms with Gasteiger partial charge in [-0.2, -0.15) is 0 Å². The standard InChI is InChI=1S/C27H18Cl3N3O4S2/c1-37-18-9-4-15(5-10-18)23(34)21-22(16-6-11-19(29)20(30)12-16)33(25(36)24(21)35)26-31-32-27(39-26)38-13-14-2-7-17(28)8-3-14/h2-12,22,34H,13H2,1H3/b23-21-. The van der Waals surface area contributed by atoms with Gasteiger partial charge in [-0.1, -0.05) is 76.1 Å². The van der Waals surface area contributed by atoms with Crippen LogP contribution < -0.4 is 9.64 Å². The van der Waals surface area contributed by atoms with Crippen molar-refractivity contribution < 1.29 is 19.4 Å². The summed E-state index contributed by atoms with van der Waals surface area (Å²) in [7, 11) is 1.52. The van der Waals surface area contributed by atoms with Crippen LogP contribution in [0.5, 0.6) is 5.75 Å². The second-order valence-electron chi connectivity index (χ2n) is 8.34. The van der Waals surface area contributed by atoms with E-state index >= 15 is 0 Å². The minimum atomic E-state index is -1.01. The topological polar surface area (TPSA) is 92.6 Å². The van der Waals surface area contributed by atoms with Gasteiger partial charge in [0, 0.05) is 16.3 Å². The molecule has 0 radical (unpaired) electrons. The molecule has 1 N–H and O–H groups in total. The molecule has 1 aliphatic rings. The lowest BCUT2D eigenvalue weighted by atomic mass is 9.95. The van der Waals surface area contributed by atoms with Crippen LogP contribution in [0.15, 0.2) is 76.6 Å². The van der Waals surface area contributed by atoms with E-state index < -0.39 is 17.7 Å². The number of aliphatic hydroxyl groups excluding tert-OH is 1. The van der Waals surface area contributed by atoms with Gasteiger partial charge in [0.2, 0.25) is 5.13 Å². The van der Waals surface area contributed by atoms with Gasteiger partial charge in [0.05, 0.1) is 28.8 Å². The SMILES string of the molecule is COc1ccc(/C(O)=C2/C(=O)C(=O)N(c3nnc(SCc4ccc(Cl)cc4)s3)C2c2ccc(Cl)c(Cl)c2)cc1. The molecule has 12 heteroatoms. The van der Waals surface area contributed by atoms with Crippen molar-refractivity contribution in [2.45, 2.75) is 16.1 Å². The number of hydrogen-bond acceptors (Lipinski definition) is 8. The summed E-state index contributed by atoms with van der Waals surface area (Å²) in [5.74, 6) is -0.850. The Morgan fingerprint density at radius 2 is 1.72 bits per heavy atom. The number of amides is 1. The first kappa shape index (κ1) is 27.5. The van der Waals surface area contributed by atoms with Crippen molar-refractivity contribution in [3.05, 3.63) is 104 Å². The molecule has 0 saturated carbocycles. The fraction of sp³-hybridized carbons (Fsp3) is 0.111. The van der Waals surface area contributed by atoms with Crippen LogP contribution >= 0.6 is 57.9 Å². The highest BCUT2D eigenvalue weighted by Gasteiger charge is 2.48. The number of halogens is 3. The van der Waals surface area contributed by atoms with Crippen molar-refractivity contribution in [1.29, 1.82) is 0 Å². The quantitative estimate of drug-likeness (QED) is 0.0757. The van der Waals surface area contributed by atoms with Gasteiger partial charge in [-0.15, -0.1) is 10.2 Å². The van der Waals surface area contributed by atoms with E-state index in [0.29, 0.717) is 37.0 Å². The Morgan fingerprint density at radius 3 is 2.38 bits per heavy atom. The summed E-state index contributed by atoms with van der Waals surface area (Å²) in [6, 6.07) is 17.7. The summed E-state index contributed by atoms with van der Waals surface area (Å²) < 4.78 is 5.78. The normalized spacial score (nSPS) is 16.6. The lowest BCUT2D eigenvalue weighted by Gasteiger charge is -2.23. The summed E-state index contributed by atoms with van der Waals surface area (Å²) in [6.45, 7) is 0. The zero-order chi connectivity index (χ0) is 27.7. The van der Waals surface area contributed by atoms with Crippen LogP contribution in [0.1, 0.15) is 22.7 Å². The van der Waals surface area contributed by atoms with Crippen LogP contribution in [0.4, 0.5) is 5.13 Å². The van der Waals surface area contributed by atoms with E-state index in [4.69, 9.17) is 39.5 Å². The average molecular weight is 619 g/mol. The highest BCUT2D eigenvalue weighted by molar-refractivity contribution is 8.00. The number of ketones is 1. The maximum atomic E-state index is 13.4. The van der Waals surface area contributed by atoms with Crippen LogP contribution in [0.2, 0.25) is 15.1 Å². The van der Waals surface area contributed by atoms with Crippen LogP contribution in [-0.4, -0.2) is 34.1 Å². The van der Waals surface area contributed by atoms with Crippen LogP contribution in [0, 0.1) is 0 Å². The number of anilines is 1. The van der Waals surface area contributed by atoms with Crippen molar-refractivity contribution in [3.63, 3.8) is 0 Å². The molecule has 1 saturated heterocycles.